The predicted octanol–water partition coefficient (Wildman–Crippen LogP) is 4.27. The molecule has 0 aliphatic carbocycles. The van der Waals surface area contributed by atoms with Gasteiger partial charge in [-0.3, -0.25) is 9.59 Å². The highest BCUT2D eigenvalue weighted by Crippen LogP contribution is 2.15. The van der Waals surface area contributed by atoms with E-state index in [0.29, 0.717) is 34.2 Å². The van der Waals surface area contributed by atoms with Gasteiger partial charge in [-0.05, 0) is 59.0 Å². The second-order valence-electron chi connectivity index (χ2n) is 7.33. The van der Waals surface area contributed by atoms with Crippen LogP contribution in [0.3, 0.4) is 0 Å². The first kappa shape index (κ1) is 21.2. The summed E-state index contributed by atoms with van der Waals surface area (Å²) in [5, 5.41) is 3.88. The van der Waals surface area contributed by atoms with Gasteiger partial charge in [-0.1, -0.05) is 24.3 Å². The van der Waals surface area contributed by atoms with Crippen molar-refractivity contribution in [2.45, 2.75) is 13.1 Å². The fourth-order valence-corrected chi connectivity index (χ4v) is 3.45. The summed E-state index contributed by atoms with van der Waals surface area (Å²) in [6, 6.07) is 17.5. The summed E-state index contributed by atoms with van der Waals surface area (Å²) in [7, 11) is 1.58. The van der Waals surface area contributed by atoms with Crippen molar-refractivity contribution in [2.75, 3.05) is 7.11 Å². The van der Waals surface area contributed by atoms with Gasteiger partial charge in [0, 0.05) is 23.7 Å². The number of methoxy groups -OCH3 is 1. The largest absolute Gasteiger partial charge is 0.497 e. The molecule has 1 amide bonds. The molecular formula is C25H20F2N2O3. The minimum absolute atomic E-state index is 0.0816. The molecule has 0 saturated carbocycles. The molecule has 0 aliphatic heterocycles. The highest BCUT2D eigenvalue weighted by atomic mass is 19.2. The number of aromatic nitrogens is 1. The zero-order valence-corrected chi connectivity index (χ0v) is 17.3. The van der Waals surface area contributed by atoms with E-state index in [2.05, 4.69) is 5.32 Å². The van der Waals surface area contributed by atoms with Crippen LogP contribution < -0.4 is 15.6 Å². The second kappa shape index (κ2) is 9.01. The zero-order chi connectivity index (χ0) is 22.7. The number of nitrogens with one attached hydrogen (secondary N) is 1. The molecule has 0 saturated heterocycles. The van der Waals surface area contributed by atoms with E-state index in [1.807, 2.05) is 24.3 Å². The van der Waals surface area contributed by atoms with Gasteiger partial charge in [-0.25, -0.2) is 8.78 Å². The van der Waals surface area contributed by atoms with E-state index in [1.165, 1.54) is 10.6 Å². The SMILES string of the molecule is COc1cccc(CNC(=O)c2ccc3ccn(Cc4ccc(F)c(F)c4)c(=O)c3c2)c1. The third-order valence-electron chi connectivity index (χ3n) is 5.16. The Balaban J connectivity index is 1.56. The number of pyridine rings is 1. The van der Waals surface area contributed by atoms with Crippen LogP contribution in [0, 0.1) is 11.6 Å². The van der Waals surface area contributed by atoms with Gasteiger partial charge >= 0.3 is 0 Å². The lowest BCUT2D eigenvalue weighted by Crippen LogP contribution is -2.24. The molecule has 0 bridgehead atoms. The Morgan fingerprint density at radius 2 is 1.81 bits per heavy atom. The summed E-state index contributed by atoms with van der Waals surface area (Å²) in [6.07, 6.45) is 1.59. The number of ether oxygens (including phenoxy) is 1. The molecule has 7 heteroatoms. The third kappa shape index (κ3) is 4.51. The lowest BCUT2D eigenvalue weighted by molar-refractivity contribution is 0.0951. The molecule has 3 aromatic carbocycles. The highest BCUT2D eigenvalue weighted by molar-refractivity contribution is 5.98. The number of amides is 1. The van der Waals surface area contributed by atoms with Crippen LogP contribution in [0.4, 0.5) is 8.78 Å². The van der Waals surface area contributed by atoms with Crippen molar-refractivity contribution in [1.29, 1.82) is 0 Å². The summed E-state index contributed by atoms with van der Waals surface area (Å²) >= 11 is 0. The fraction of sp³-hybridized carbons (Fsp3) is 0.120. The van der Waals surface area contributed by atoms with Crippen molar-refractivity contribution >= 4 is 16.7 Å². The molecule has 1 N–H and O–H groups in total. The molecule has 0 unspecified atom stereocenters. The minimum Gasteiger partial charge on any atom is -0.497 e. The molecule has 4 aromatic rings. The third-order valence-corrected chi connectivity index (χ3v) is 5.16. The summed E-state index contributed by atoms with van der Waals surface area (Å²) < 4.78 is 33.2. The molecule has 0 atom stereocenters. The van der Waals surface area contributed by atoms with Crippen molar-refractivity contribution in [1.82, 2.24) is 9.88 Å². The second-order valence-corrected chi connectivity index (χ2v) is 7.33. The molecule has 0 spiro atoms. The van der Waals surface area contributed by atoms with E-state index < -0.39 is 11.6 Å². The van der Waals surface area contributed by atoms with Gasteiger partial charge in [0.25, 0.3) is 11.5 Å². The van der Waals surface area contributed by atoms with Crippen LogP contribution in [-0.2, 0) is 13.1 Å². The topological polar surface area (TPSA) is 60.3 Å². The number of nitrogens with zero attached hydrogens (tertiary/aromatic N) is 1. The first-order valence-electron chi connectivity index (χ1n) is 9.93. The smallest absolute Gasteiger partial charge is 0.258 e. The lowest BCUT2D eigenvalue weighted by Gasteiger charge is -2.10. The standard InChI is InChI=1S/C25H20F2N2O3/c1-32-20-4-2-3-16(11-20)14-28-24(30)19-7-6-18-9-10-29(25(31)21(18)13-19)15-17-5-8-22(26)23(27)12-17/h2-13H,14-15H2,1H3,(H,28,30). The Kier molecular flexibility index (Phi) is 5.98. The van der Waals surface area contributed by atoms with Gasteiger partial charge in [0.15, 0.2) is 11.6 Å². The van der Waals surface area contributed by atoms with Crippen molar-refractivity contribution in [3.63, 3.8) is 0 Å². The Bertz CT molecular complexity index is 1370. The van der Waals surface area contributed by atoms with Crippen LogP contribution in [-0.4, -0.2) is 17.6 Å². The number of carbonyl (C=O) groups excluding carboxylic acids is 1. The van der Waals surface area contributed by atoms with Gasteiger partial charge in [-0.15, -0.1) is 0 Å². The minimum atomic E-state index is -0.966. The average molecular weight is 434 g/mol. The Morgan fingerprint density at radius 3 is 2.59 bits per heavy atom. The average Bonchev–Trinajstić information content (AvgIpc) is 2.81. The van der Waals surface area contributed by atoms with Crippen molar-refractivity contribution in [2.24, 2.45) is 0 Å². The molecule has 0 radical (unpaired) electrons. The quantitative estimate of drug-likeness (QED) is 0.493. The maximum absolute atomic E-state index is 13.5. The Labute approximate surface area is 182 Å². The van der Waals surface area contributed by atoms with Crippen LogP contribution in [0.5, 0.6) is 5.75 Å². The molecule has 1 heterocycles. The highest BCUT2D eigenvalue weighted by Gasteiger charge is 2.11. The maximum Gasteiger partial charge on any atom is 0.258 e. The van der Waals surface area contributed by atoms with E-state index in [9.17, 15) is 18.4 Å². The summed E-state index contributed by atoms with van der Waals surface area (Å²) in [5.74, 6) is -1.52. The van der Waals surface area contributed by atoms with Gasteiger partial charge in [0.05, 0.1) is 13.7 Å². The van der Waals surface area contributed by atoms with Crippen LogP contribution in [0.1, 0.15) is 21.5 Å². The number of hydrogen-bond acceptors (Lipinski definition) is 3. The zero-order valence-electron chi connectivity index (χ0n) is 17.3. The molecule has 0 fully saturated rings. The Morgan fingerprint density at radius 1 is 0.969 bits per heavy atom. The van der Waals surface area contributed by atoms with E-state index in [0.717, 1.165) is 17.7 Å². The molecule has 32 heavy (non-hydrogen) atoms. The van der Waals surface area contributed by atoms with Crippen LogP contribution in [0.2, 0.25) is 0 Å². The first-order valence-corrected chi connectivity index (χ1v) is 9.93. The number of rotatable bonds is 6. The first-order chi connectivity index (χ1) is 15.4. The number of carbonyl (C=O) groups is 1. The van der Waals surface area contributed by atoms with Gasteiger partial charge in [0.2, 0.25) is 0 Å². The summed E-state index contributed by atoms with van der Waals surface area (Å²) in [4.78, 5) is 25.6. The summed E-state index contributed by atoms with van der Waals surface area (Å²) in [5.41, 5.74) is 1.36. The van der Waals surface area contributed by atoms with Crippen molar-refractivity contribution in [3.8, 4) is 5.75 Å². The maximum atomic E-state index is 13.5. The normalized spacial score (nSPS) is 10.8. The van der Waals surface area contributed by atoms with Crippen LogP contribution >= 0.6 is 0 Å². The summed E-state index contributed by atoms with van der Waals surface area (Å²) in [6.45, 7) is 0.390. The Hall–Kier alpha value is -4.00. The van der Waals surface area contributed by atoms with Gasteiger partial charge < -0.3 is 14.6 Å². The number of benzene rings is 3. The van der Waals surface area contributed by atoms with Crippen LogP contribution in [0.25, 0.3) is 10.8 Å². The number of fused-ring (bicyclic) bond motifs is 1. The molecule has 0 aliphatic rings. The van der Waals surface area contributed by atoms with Crippen LogP contribution in [0.15, 0.2) is 77.7 Å². The van der Waals surface area contributed by atoms with E-state index in [1.54, 1.807) is 37.6 Å². The predicted molar refractivity (Wildman–Crippen MR) is 118 cm³/mol. The molecular weight excluding hydrogens is 414 g/mol. The van der Waals surface area contributed by atoms with Gasteiger partial charge in [0.1, 0.15) is 5.75 Å². The monoisotopic (exact) mass is 434 g/mol. The number of hydrogen-bond donors (Lipinski definition) is 1. The molecule has 4 rings (SSSR count). The fourth-order valence-electron chi connectivity index (χ4n) is 3.45. The van der Waals surface area contributed by atoms with E-state index in [4.69, 9.17) is 4.74 Å². The van der Waals surface area contributed by atoms with E-state index in [-0.39, 0.29) is 18.0 Å². The molecule has 162 valence electrons. The van der Waals surface area contributed by atoms with E-state index >= 15 is 0 Å². The van der Waals surface area contributed by atoms with Gasteiger partial charge in [-0.2, -0.15) is 0 Å². The lowest BCUT2D eigenvalue weighted by atomic mass is 10.1. The molecule has 1 aromatic heterocycles. The van der Waals surface area contributed by atoms with Crippen molar-refractivity contribution < 1.29 is 18.3 Å². The number of halogens is 2. The van der Waals surface area contributed by atoms with Crippen molar-refractivity contribution in [3.05, 3.63) is 112 Å². The molecule has 5 nitrogen and oxygen atoms in total.